The van der Waals surface area contributed by atoms with Crippen LogP contribution in [0.15, 0.2) is 16.8 Å². The van der Waals surface area contributed by atoms with Crippen LogP contribution in [0.3, 0.4) is 0 Å². The predicted octanol–water partition coefficient (Wildman–Crippen LogP) is 2.25. The smallest absolute Gasteiger partial charge is 0.0238 e. The first-order chi connectivity index (χ1) is 5.83. The molecule has 0 saturated heterocycles. The van der Waals surface area contributed by atoms with Crippen LogP contribution in [0, 0.1) is 12.3 Å². The number of thiophene rings is 1. The second kappa shape index (κ2) is 4.97. The van der Waals surface area contributed by atoms with E-state index >= 15 is 0 Å². The summed E-state index contributed by atoms with van der Waals surface area (Å²) in [6.07, 6.45) is 5.99. The summed E-state index contributed by atoms with van der Waals surface area (Å²) in [6, 6.07) is 2.54. The minimum absolute atomic E-state index is 0.412. The van der Waals surface area contributed by atoms with Crippen molar-refractivity contribution >= 4 is 11.3 Å². The molecular formula is C10H13NS. The van der Waals surface area contributed by atoms with E-state index in [4.69, 9.17) is 6.42 Å². The molecule has 1 heterocycles. The van der Waals surface area contributed by atoms with Crippen molar-refractivity contribution in [1.82, 2.24) is 5.32 Å². The molecule has 1 rings (SSSR count). The second-order valence-electron chi connectivity index (χ2n) is 2.82. The zero-order valence-electron chi connectivity index (χ0n) is 7.21. The number of terminal acetylenes is 1. The molecule has 0 radical (unpaired) electrons. The molecule has 1 aromatic rings. The van der Waals surface area contributed by atoms with Gasteiger partial charge >= 0.3 is 0 Å². The molecule has 0 fully saturated rings. The van der Waals surface area contributed by atoms with Crippen LogP contribution in [0.4, 0.5) is 0 Å². The molecule has 0 amide bonds. The minimum atomic E-state index is 0.412. The third kappa shape index (κ3) is 3.08. The zero-order chi connectivity index (χ0) is 8.81. The van der Waals surface area contributed by atoms with Gasteiger partial charge in [0.15, 0.2) is 0 Å². The van der Waals surface area contributed by atoms with Gasteiger partial charge in [0.25, 0.3) is 0 Å². The lowest BCUT2D eigenvalue weighted by Gasteiger charge is -2.08. The molecule has 64 valence electrons. The molecule has 1 N–H and O–H groups in total. The largest absolute Gasteiger partial charge is 0.309 e. The zero-order valence-corrected chi connectivity index (χ0v) is 8.03. The van der Waals surface area contributed by atoms with Crippen molar-refractivity contribution in [2.45, 2.75) is 25.9 Å². The van der Waals surface area contributed by atoms with Crippen molar-refractivity contribution in [3.8, 4) is 12.3 Å². The highest BCUT2D eigenvalue weighted by atomic mass is 32.1. The Bertz CT molecular complexity index is 245. The molecule has 0 aliphatic heterocycles. The second-order valence-corrected chi connectivity index (χ2v) is 3.60. The van der Waals surface area contributed by atoms with Gasteiger partial charge in [0.05, 0.1) is 0 Å². The Balaban J connectivity index is 2.23. The quantitative estimate of drug-likeness (QED) is 0.699. The fraction of sp³-hybridized carbons (Fsp3) is 0.400. The average molecular weight is 179 g/mol. The summed E-state index contributed by atoms with van der Waals surface area (Å²) in [7, 11) is 0. The summed E-state index contributed by atoms with van der Waals surface area (Å²) in [5, 5.41) is 7.58. The third-order valence-electron chi connectivity index (χ3n) is 1.66. The lowest BCUT2D eigenvalue weighted by atomic mass is 10.2. The fourth-order valence-corrected chi connectivity index (χ4v) is 1.60. The lowest BCUT2D eigenvalue weighted by Crippen LogP contribution is -2.24. The summed E-state index contributed by atoms with van der Waals surface area (Å²) < 4.78 is 0. The van der Waals surface area contributed by atoms with Crippen LogP contribution in [0.25, 0.3) is 0 Å². The standard InChI is InChI=1S/C10H13NS/c1-3-4-9(2)11-7-10-5-6-12-8-10/h1,5-6,8-9,11H,4,7H2,2H3. The van der Waals surface area contributed by atoms with E-state index < -0.39 is 0 Å². The van der Waals surface area contributed by atoms with E-state index in [1.54, 1.807) is 11.3 Å². The summed E-state index contributed by atoms with van der Waals surface area (Å²) in [6.45, 7) is 3.03. The molecule has 2 heteroatoms. The first-order valence-electron chi connectivity index (χ1n) is 4.01. The van der Waals surface area contributed by atoms with Crippen LogP contribution < -0.4 is 5.32 Å². The minimum Gasteiger partial charge on any atom is -0.309 e. The maximum Gasteiger partial charge on any atom is 0.0238 e. The summed E-state index contributed by atoms with van der Waals surface area (Å²) >= 11 is 1.72. The summed E-state index contributed by atoms with van der Waals surface area (Å²) in [4.78, 5) is 0. The third-order valence-corrected chi connectivity index (χ3v) is 2.39. The van der Waals surface area contributed by atoms with Gasteiger partial charge in [-0.05, 0) is 29.3 Å². The van der Waals surface area contributed by atoms with Gasteiger partial charge in [-0.2, -0.15) is 11.3 Å². The molecule has 0 aliphatic rings. The van der Waals surface area contributed by atoms with E-state index in [0.29, 0.717) is 6.04 Å². The Labute approximate surface area is 77.8 Å². The van der Waals surface area contributed by atoms with Gasteiger partial charge in [0.2, 0.25) is 0 Å². The average Bonchev–Trinajstić information content (AvgIpc) is 2.53. The van der Waals surface area contributed by atoms with E-state index in [1.807, 2.05) is 0 Å². The van der Waals surface area contributed by atoms with E-state index in [0.717, 1.165) is 13.0 Å². The Morgan fingerprint density at radius 1 is 1.75 bits per heavy atom. The van der Waals surface area contributed by atoms with E-state index in [1.165, 1.54) is 5.56 Å². The molecule has 0 aromatic carbocycles. The predicted molar refractivity (Wildman–Crippen MR) is 54.1 cm³/mol. The van der Waals surface area contributed by atoms with Crippen molar-refractivity contribution in [3.05, 3.63) is 22.4 Å². The Kier molecular flexibility index (Phi) is 3.86. The van der Waals surface area contributed by atoms with Gasteiger partial charge < -0.3 is 5.32 Å². The maximum absolute atomic E-state index is 5.19. The van der Waals surface area contributed by atoms with Crippen LogP contribution in [-0.4, -0.2) is 6.04 Å². The van der Waals surface area contributed by atoms with Gasteiger partial charge in [0.1, 0.15) is 0 Å². The first kappa shape index (κ1) is 9.31. The molecular weight excluding hydrogens is 166 g/mol. The number of hydrogen-bond acceptors (Lipinski definition) is 2. The van der Waals surface area contributed by atoms with E-state index in [2.05, 4.69) is 35.0 Å². The van der Waals surface area contributed by atoms with Crippen LogP contribution >= 0.6 is 11.3 Å². The maximum atomic E-state index is 5.19. The van der Waals surface area contributed by atoms with Gasteiger partial charge in [-0.15, -0.1) is 12.3 Å². The van der Waals surface area contributed by atoms with Crippen molar-refractivity contribution in [2.24, 2.45) is 0 Å². The van der Waals surface area contributed by atoms with Crippen LogP contribution in [-0.2, 0) is 6.54 Å². The molecule has 1 aromatic heterocycles. The molecule has 1 unspecified atom stereocenters. The van der Waals surface area contributed by atoms with Gasteiger partial charge in [-0.1, -0.05) is 0 Å². The fourth-order valence-electron chi connectivity index (χ4n) is 0.934. The van der Waals surface area contributed by atoms with Crippen molar-refractivity contribution in [1.29, 1.82) is 0 Å². The van der Waals surface area contributed by atoms with Crippen molar-refractivity contribution in [2.75, 3.05) is 0 Å². The number of nitrogens with one attached hydrogen (secondary N) is 1. The molecule has 0 aliphatic carbocycles. The summed E-state index contributed by atoms with van der Waals surface area (Å²) in [5.41, 5.74) is 1.34. The molecule has 1 nitrogen and oxygen atoms in total. The highest BCUT2D eigenvalue weighted by molar-refractivity contribution is 7.07. The van der Waals surface area contributed by atoms with Gasteiger partial charge in [-0.3, -0.25) is 0 Å². The monoisotopic (exact) mass is 179 g/mol. The molecule has 1 atom stereocenters. The Morgan fingerprint density at radius 2 is 2.58 bits per heavy atom. The number of rotatable bonds is 4. The summed E-state index contributed by atoms with van der Waals surface area (Å²) in [5.74, 6) is 2.64. The molecule has 0 bridgehead atoms. The van der Waals surface area contributed by atoms with Crippen LogP contribution in [0.5, 0.6) is 0 Å². The topological polar surface area (TPSA) is 12.0 Å². The lowest BCUT2D eigenvalue weighted by molar-refractivity contribution is 0.560. The van der Waals surface area contributed by atoms with E-state index in [-0.39, 0.29) is 0 Å². The van der Waals surface area contributed by atoms with Crippen LogP contribution in [0.1, 0.15) is 18.9 Å². The first-order valence-corrected chi connectivity index (χ1v) is 4.95. The van der Waals surface area contributed by atoms with Crippen molar-refractivity contribution < 1.29 is 0 Å². The molecule has 12 heavy (non-hydrogen) atoms. The van der Waals surface area contributed by atoms with E-state index in [9.17, 15) is 0 Å². The molecule has 0 spiro atoms. The molecule has 0 saturated carbocycles. The van der Waals surface area contributed by atoms with Crippen LogP contribution in [0.2, 0.25) is 0 Å². The van der Waals surface area contributed by atoms with Gasteiger partial charge in [-0.25, -0.2) is 0 Å². The van der Waals surface area contributed by atoms with Gasteiger partial charge in [0, 0.05) is 19.0 Å². The highest BCUT2D eigenvalue weighted by Crippen LogP contribution is 2.05. The Morgan fingerprint density at radius 3 is 3.17 bits per heavy atom. The number of hydrogen-bond donors (Lipinski definition) is 1. The normalized spacial score (nSPS) is 12.3. The van der Waals surface area contributed by atoms with Crippen molar-refractivity contribution in [3.63, 3.8) is 0 Å². The Hall–Kier alpha value is -0.780. The SMILES string of the molecule is C#CCC(C)NCc1ccsc1. The highest BCUT2D eigenvalue weighted by Gasteiger charge is 1.98.